The summed E-state index contributed by atoms with van der Waals surface area (Å²) in [6, 6.07) is 10.3. The van der Waals surface area contributed by atoms with Crippen LogP contribution in [0.4, 0.5) is 10.2 Å². The Morgan fingerprint density at radius 2 is 2.25 bits per heavy atom. The maximum atomic E-state index is 13.5. The van der Waals surface area contributed by atoms with Crippen molar-refractivity contribution in [3.05, 3.63) is 47.8 Å². The van der Waals surface area contributed by atoms with Crippen LogP contribution >= 0.6 is 0 Å². The molecule has 2 aromatic heterocycles. The SMILES string of the molecule is Fc1cccc(CN(C[C@H]2CCCO2)c2ccc3nnnn3n2)c1. The average molecular weight is 328 g/mol. The molecule has 0 amide bonds. The number of halogens is 1. The van der Waals surface area contributed by atoms with Crippen molar-refractivity contribution in [1.29, 1.82) is 0 Å². The van der Waals surface area contributed by atoms with Crippen LogP contribution in [-0.4, -0.2) is 44.5 Å². The highest BCUT2D eigenvalue weighted by Crippen LogP contribution is 2.20. The fourth-order valence-corrected chi connectivity index (χ4v) is 2.94. The summed E-state index contributed by atoms with van der Waals surface area (Å²) in [5, 5.41) is 15.8. The van der Waals surface area contributed by atoms with E-state index in [0.29, 0.717) is 18.7 Å². The van der Waals surface area contributed by atoms with Gasteiger partial charge in [-0.2, -0.15) is 0 Å². The highest BCUT2D eigenvalue weighted by atomic mass is 19.1. The van der Waals surface area contributed by atoms with Crippen LogP contribution in [-0.2, 0) is 11.3 Å². The van der Waals surface area contributed by atoms with Gasteiger partial charge >= 0.3 is 0 Å². The zero-order chi connectivity index (χ0) is 16.4. The van der Waals surface area contributed by atoms with Crippen LogP contribution in [0.5, 0.6) is 0 Å². The van der Waals surface area contributed by atoms with E-state index in [1.807, 2.05) is 18.2 Å². The summed E-state index contributed by atoms with van der Waals surface area (Å²) in [4.78, 5) is 2.08. The zero-order valence-electron chi connectivity index (χ0n) is 13.0. The van der Waals surface area contributed by atoms with E-state index in [1.165, 1.54) is 16.8 Å². The van der Waals surface area contributed by atoms with Crippen molar-refractivity contribution in [2.75, 3.05) is 18.1 Å². The molecular formula is C16H17FN6O. The Morgan fingerprint density at radius 3 is 3.08 bits per heavy atom. The van der Waals surface area contributed by atoms with Crippen LogP contribution in [0.25, 0.3) is 5.65 Å². The minimum absolute atomic E-state index is 0.157. The lowest BCUT2D eigenvalue weighted by Gasteiger charge is -2.26. The third kappa shape index (κ3) is 3.18. The minimum Gasteiger partial charge on any atom is -0.376 e. The van der Waals surface area contributed by atoms with Gasteiger partial charge in [0.05, 0.1) is 6.10 Å². The third-order valence-corrected chi connectivity index (χ3v) is 4.09. The second-order valence-corrected chi connectivity index (χ2v) is 5.86. The number of hydrogen-bond acceptors (Lipinski definition) is 6. The smallest absolute Gasteiger partial charge is 0.200 e. The molecule has 8 heteroatoms. The second-order valence-electron chi connectivity index (χ2n) is 5.86. The number of anilines is 1. The Morgan fingerprint density at radius 1 is 1.29 bits per heavy atom. The standard InChI is InChI=1S/C16H17FN6O/c17-13-4-1-3-12(9-13)10-22(11-14-5-2-8-24-14)16-7-6-15-18-20-21-23(15)19-16/h1,3-4,6-7,9,14H,2,5,8,10-11H2/t14-/m1/s1. The molecule has 0 bridgehead atoms. The molecule has 0 aliphatic carbocycles. The maximum Gasteiger partial charge on any atom is 0.200 e. The molecule has 0 saturated carbocycles. The van der Waals surface area contributed by atoms with Crippen molar-refractivity contribution in [2.24, 2.45) is 0 Å². The van der Waals surface area contributed by atoms with E-state index < -0.39 is 0 Å². The molecule has 1 aliphatic heterocycles. The number of tetrazole rings is 1. The van der Waals surface area contributed by atoms with Gasteiger partial charge in [-0.1, -0.05) is 12.1 Å². The van der Waals surface area contributed by atoms with E-state index in [9.17, 15) is 4.39 Å². The molecule has 3 aromatic rings. The lowest BCUT2D eigenvalue weighted by Crippen LogP contribution is -2.32. The van der Waals surface area contributed by atoms with Crippen molar-refractivity contribution < 1.29 is 9.13 Å². The zero-order valence-corrected chi connectivity index (χ0v) is 13.0. The molecule has 1 saturated heterocycles. The Bertz CT molecular complexity index is 832. The molecule has 4 rings (SSSR count). The van der Waals surface area contributed by atoms with E-state index in [0.717, 1.165) is 30.8 Å². The van der Waals surface area contributed by atoms with Gasteiger partial charge in [0.25, 0.3) is 0 Å². The van der Waals surface area contributed by atoms with Crippen LogP contribution in [0.1, 0.15) is 18.4 Å². The van der Waals surface area contributed by atoms with Gasteiger partial charge in [-0.3, -0.25) is 0 Å². The fraction of sp³-hybridized carbons (Fsp3) is 0.375. The lowest BCUT2D eigenvalue weighted by atomic mass is 10.1. The van der Waals surface area contributed by atoms with Crippen LogP contribution in [0.15, 0.2) is 36.4 Å². The second kappa shape index (κ2) is 6.48. The van der Waals surface area contributed by atoms with Crippen LogP contribution in [0, 0.1) is 5.82 Å². The van der Waals surface area contributed by atoms with E-state index in [1.54, 1.807) is 6.07 Å². The molecule has 0 spiro atoms. The topological polar surface area (TPSA) is 68.4 Å². The van der Waals surface area contributed by atoms with E-state index in [2.05, 4.69) is 25.5 Å². The van der Waals surface area contributed by atoms with Gasteiger partial charge in [0.1, 0.15) is 5.82 Å². The Hall–Kier alpha value is -2.61. The van der Waals surface area contributed by atoms with Crippen LogP contribution < -0.4 is 4.90 Å². The summed E-state index contributed by atoms with van der Waals surface area (Å²) in [7, 11) is 0. The predicted molar refractivity (Wildman–Crippen MR) is 85.0 cm³/mol. The summed E-state index contributed by atoms with van der Waals surface area (Å²) in [5.41, 5.74) is 1.47. The number of hydrogen-bond donors (Lipinski definition) is 0. The average Bonchev–Trinajstić information content (AvgIpc) is 3.25. The lowest BCUT2D eigenvalue weighted by molar-refractivity contribution is 0.115. The van der Waals surface area contributed by atoms with Gasteiger partial charge in [0.2, 0.25) is 0 Å². The fourth-order valence-electron chi connectivity index (χ4n) is 2.94. The number of aromatic nitrogens is 5. The largest absolute Gasteiger partial charge is 0.376 e. The highest BCUT2D eigenvalue weighted by molar-refractivity contribution is 5.45. The first-order valence-electron chi connectivity index (χ1n) is 7.94. The summed E-state index contributed by atoms with van der Waals surface area (Å²) in [6.07, 6.45) is 2.25. The molecule has 0 unspecified atom stereocenters. The predicted octanol–water partition coefficient (Wildman–Crippen LogP) is 1.84. The van der Waals surface area contributed by atoms with Crippen LogP contribution in [0.3, 0.4) is 0 Å². The molecule has 0 N–H and O–H groups in total. The van der Waals surface area contributed by atoms with Crippen LogP contribution in [0.2, 0.25) is 0 Å². The maximum absolute atomic E-state index is 13.5. The van der Waals surface area contributed by atoms with E-state index in [-0.39, 0.29) is 11.9 Å². The van der Waals surface area contributed by atoms with Gasteiger partial charge in [-0.15, -0.1) is 14.8 Å². The number of benzene rings is 1. The van der Waals surface area contributed by atoms with E-state index in [4.69, 9.17) is 4.74 Å². The van der Waals surface area contributed by atoms with Crippen molar-refractivity contribution in [2.45, 2.75) is 25.5 Å². The van der Waals surface area contributed by atoms with Gasteiger partial charge in [0, 0.05) is 19.7 Å². The highest BCUT2D eigenvalue weighted by Gasteiger charge is 2.21. The molecule has 1 atom stereocenters. The third-order valence-electron chi connectivity index (χ3n) is 4.09. The number of fused-ring (bicyclic) bond motifs is 1. The Labute approximate surface area is 138 Å². The first-order chi connectivity index (χ1) is 11.8. The molecule has 24 heavy (non-hydrogen) atoms. The summed E-state index contributed by atoms with van der Waals surface area (Å²) in [5.74, 6) is 0.489. The molecule has 7 nitrogen and oxygen atoms in total. The first kappa shape index (κ1) is 14.9. The Kier molecular flexibility index (Phi) is 4.04. The number of nitrogens with zero attached hydrogens (tertiary/aromatic N) is 6. The van der Waals surface area contributed by atoms with Gasteiger partial charge in [-0.05, 0) is 53.1 Å². The number of rotatable bonds is 5. The first-order valence-corrected chi connectivity index (χ1v) is 7.94. The van der Waals surface area contributed by atoms with Gasteiger partial charge in [-0.25, -0.2) is 4.39 Å². The monoisotopic (exact) mass is 328 g/mol. The van der Waals surface area contributed by atoms with Crippen molar-refractivity contribution >= 4 is 11.5 Å². The number of ether oxygens (including phenoxy) is 1. The summed E-state index contributed by atoms with van der Waals surface area (Å²) < 4.78 is 20.6. The molecule has 124 valence electrons. The molecule has 1 fully saturated rings. The quantitative estimate of drug-likeness (QED) is 0.712. The molecule has 3 heterocycles. The van der Waals surface area contributed by atoms with Crippen molar-refractivity contribution in [3.8, 4) is 0 Å². The molecule has 1 aliphatic rings. The minimum atomic E-state index is -0.242. The normalized spacial score (nSPS) is 17.5. The van der Waals surface area contributed by atoms with Gasteiger partial charge in [0.15, 0.2) is 11.5 Å². The summed E-state index contributed by atoms with van der Waals surface area (Å²) in [6.45, 7) is 2.02. The van der Waals surface area contributed by atoms with Crippen molar-refractivity contribution in [3.63, 3.8) is 0 Å². The van der Waals surface area contributed by atoms with Crippen molar-refractivity contribution in [1.82, 2.24) is 25.3 Å². The Balaban J connectivity index is 1.63. The molecular weight excluding hydrogens is 311 g/mol. The van der Waals surface area contributed by atoms with E-state index >= 15 is 0 Å². The molecule has 0 radical (unpaired) electrons. The molecule has 1 aromatic carbocycles. The summed E-state index contributed by atoms with van der Waals surface area (Å²) >= 11 is 0. The van der Waals surface area contributed by atoms with Gasteiger partial charge < -0.3 is 9.64 Å².